The molecule has 2 N–H and O–H groups in total. The van der Waals surface area contributed by atoms with Crippen LogP contribution in [0.15, 0.2) is 30.5 Å². The number of aromatic carboxylic acids is 1. The topological polar surface area (TPSA) is 79.5 Å². The second-order valence-corrected chi connectivity index (χ2v) is 7.17. The van der Waals surface area contributed by atoms with Gasteiger partial charge in [0.2, 0.25) is 0 Å². The lowest BCUT2D eigenvalue weighted by Crippen LogP contribution is -2.24. The first-order chi connectivity index (χ1) is 12.8. The smallest absolute Gasteiger partial charge is 0.341 e. The third kappa shape index (κ3) is 3.88. The molecular weight excluding hydrogens is 371 g/mol. The number of halogens is 2. The molecule has 1 aromatic carbocycles. The minimum atomic E-state index is -1.13. The van der Waals surface area contributed by atoms with Gasteiger partial charge in [-0.05, 0) is 30.5 Å². The highest BCUT2D eigenvalue weighted by Crippen LogP contribution is 2.29. The number of benzene rings is 1. The molecule has 0 fully saturated rings. The minimum Gasteiger partial charge on any atom is -0.477 e. The van der Waals surface area contributed by atoms with Crippen LogP contribution in [0.2, 0.25) is 5.15 Å². The first kappa shape index (κ1) is 19.1. The number of carbonyl (C=O) groups is 1. The average Bonchev–Trinajstić information content (AvgIpc) is 3.01. The third-order valence-corrected chi connectivity index (χ3v) is 4.87. The van der Waals surface area contributed by atoms with Gasteiger partial charge >= 0.3 is 5.97 Å². The maximum Gasteiger partial charge on any atom is 0.341 e. The Balaban J connectivity index is 2.18. The Morgan fingerprint density at radius 3 is 2.74 bits per heavy atom. The van der Waals surface area contributed by atoms with Crippen LogP contribution in [0.25, 0.3) is 5.65 Å². The first-order valence-corrected chi connectivity index (χ1v) is 8.96. The van der Waals surface area contributed by atoms with E-state index in [0.29, 0.717) is 23.7 Å². The number of hydrogen-bond donors (Lipinski definition) is 2. The van der Waals surface area contributed by atoms with Crippen molar-refractivity contribution in [3.05, 3.63) is 58.1 Å². The summed E-state index contributed by atoms with van der Waals surface area (Å²) in [5, 5.41) is 17.1. The Kier molecular flexibility index (Phi) is 5.32. The Morgan fingerprint density at radius 1 is 1.37 bits per heavy atom. The molecular formula is C19H20ClFN4O2. The normalized spacial score (nSPS) is 12.5. The van der Waals surface area contributed by atoms with Crippen LogP contribution in [-0.4, -0.2) is 31.7 Å². The molecule has 0 unspecified atom stereocenters. The number of carboxylic acids is 1. The molecule has 0 radical (unpaired) electrons. The summed E-state index contributed by atoms with van der Waals surface area (Å²) < 4.78 is 15.0. The van der Waals surface area contributed by atoms with Crippen LogP contribution < -0.4 is 5.32 Å². The lowest BCUT2D eigenvalue weighted by atomic mass is 10.0. The number of aromatic nitrogens is 3. The predicted molar refractivity (Wildman–Crippen MR) is 102 cm³/mol. The summed E-state index contributed by atoms with van der Waals surface area (Å²) in [6.07, 6.45) is 1.58. The molecule has 0 bridgehead atoms. The van der Waals surface area contributed by atoms with Crippen LogP contribution in [0.1, 0.15) is 42.3 Å². The summed E-state index contributed by atoms with van der Waals surface area (Å²) in [7, 11) is 0. The molecule has 27 heavy (non-hydrogen) atoms. The Hall–Kier alpha value is -2.67. The summed E-state index contributed by atoms with van der Waals surface area (Å²) >= 11 is 6.42. The molecule has 0 saturated carbocycles. The van der Waals surface area contributed by atoms with Crippen LogP contribution in [0.3, 0.4) is 0 Å². The summed E-state index contributed by atoms with van der Waals surface area (Å²) in [5.74, 6) is -0.601. The van der Waals surface area contributed by atoms with E-state index in [4.69, 9.17) is 11.6 Å². The number of anilines is 1. The summed E-state index contributed by atoms with van der Waals surface area (Å²) in [5.41, 5.74) is 1.48. The predicted octanol–water partition coefficient (Wildman–Crippen LogP) is 4.27. The highest BCUT2D eigenvalue weighted by molar-refractivity contribution is 6.30. The van der Waals surface area contributed by atoms with Crippen LogP contribution in [-0.2, 0) is 6.42 Å². The zero-order chi connectivity index (χ0) is 19.7. The van der Waals surface area contributed by atoms with E-state index in [1.165, 1.54) is 22.8 Å². The lowest BCUT2D eigenvalue weighted by Gasteiger charge is -2.22. The maximum absolute atomic E-state index is 13.6. The summed E-state index contributed by atoms with van der Waals surface area (Å²) in [6, 6.07) is 6.30. The van der Waals surface area contributed by atoms with Crippen LogP contribution in [0.5, 0.6) is 0 Å². The zero-order valence-corrected chi connectivity index (χ0v) is 16.0. The molecule has 0 amide bonds. The van der Waals surface area contributed by atoms with Crippen LogP contribution in [0, 0.1) is 11.7 Å². The number of rotatable bonds is 6. The van der Waals surface area contributed by atoms with Gasteiger partial charge in [-0.15, -0.1) is 0 Å². The Labute approximate surface area is 161 Å². The highest BCUT2D eigenvalue weighted by Gasteiger charge is 2.22. The fourth-order valence-electron chi connectivity index (χ4n) is 2.69. The fraction of sp³-hybridized carbons (Fsp3) is 0.316. The molecule has 0 aliphatic carbocycles. The average molecular weight is 391 g/mol. The van der Waals surface area contributed by atoms with Gasteiger partial charge in [-0.2, -0.15) is 9.61 Å². The number of hydrogen-bond acceptors (Lipinski definition) is 4. The van der Waals surface area contributed by atoms with Crippen molar-refractivity contribution < 1.29 is 14.3 Å². The molecule has 0 spiro atoms. The van der Waals surface area contributed by atoms with Gasteiger partial charge in [-0.3, -0.25) is 0 Å². The Bertz CT molecular complexity index is 1000. The molecule has 142 valence electrons. The van der Waals surface area contributed by atoms with Crippen molar-refractivity contribution >= 4 is 29.0 Å². The maximum atomic E-state index is 13.6. The van der Waals surface area contributed by atoms with Crippen LogP contribution in [0.4, 0.5) is 10.2 Å². The molecule has 8 heteroatoms. The van der Waals surface area contributed by atoms with Crippen molar-refractivity contribution in [2.75, 3.05) is 5.32 Å². The molecule has 6 nitrogen and oxygen atoms in total. The first-order valence-electron chi connectivity index (χ1n) is 8.58. The second-order valence-electron chi connectivity index (χ2n) is 6.81. The number of nitrogens with zero attached hydrogens (tertiary/aromatic N) is 3. The standard InChI is InChI=1S/C19H20ClFN4O2/c1-10(2)11(3)23-17-14(8-12-5-4-6-13(21)7-12)16(20)24-18-15(19(26)27)9-22-25(17)18/h4-7,9-11,23H,8H2,1-3H3,(H,26,27)/t11-/m1/s1. The van der Waals surface area contributed by atoms with E-state index in [9.17, 15) is 14.3 Å². The van der Waals surface area contributed by atoms with Crippen molar-refractivity contribution in [1.82, 2.24) is 14.6 Å². The summed E-state index contributed by atoms with van der Waals surface area (Å²) in [6.45, 7) is 6.14. The fourth-order valence-corrected chi connectivity index (χ4v) is 2.92. The van der Waals surface area contributed by atoms with Crippen molar-refractivity contribution in [2.24, 2.45) is 5.92 Å². The van der Waals surface area contributed by atoms with E-state index in [0.717, 1.165) is 5.56 Å². The molecule has 1 atom stereocenters. The SMILES string of the molecule is CC(C)[C@@H](C)Nc1c(Cc2cccc(F)c2)c(Cl)nc2c(C(=O)O)cnn12. The largest absolute Gasteiger partial charge is 0.477 e. The quantitative estimate of drug-likeness (QED) is 0.614. The van der Waals surface area contributed by atoms with E-state index in [1.54, 1.807) is 12.1 Å². The van der Waals surface area contributed by atoms with E-state index >= 15 is 0 Å². The second kappa shape index (κ2) is 7.52. The van der Waals surface area contributed by atoms with Gasteiger partial charge in [0.05, 0.1) is 6.20 Å². The van der Waals surface area contributed by atoms with Crippen molar-refractivity contribution in [2.45, 2.75) is 33.2 Å². The van der Waals surface area contributed by atoms with Gasteiger partial charge in [0.25, 0.3) is 0 Å². The molecule has 0 saturated heterocycles. The van der Waals surface area contributed by atoms with Crippen LogP contribution >= 0.6 is 11.6 Å². The van der Waals surface area contributed by atoms with Crippen molar-refractivity contribution in [3.8, 4) is 0 Å². The van der Waals surface area contributed by atoms with Gasteiger partial charge in [-0.1, -0.05) is 37.6 Å². The monoisotopic (exact) mass is 390 g/mol. The molecule has 2 heterocycles. The molecule has 3 rings (SSSR count). The molecule has 2 aromatic heterocycles. The van der Waals surface area contributed by atoms with E-state index in [1.807, 2.05) is 6.92 Å². The lowest BCUT2D eigenvalue weighted by molar-refractivity contribution is 0.0698. The zero-order valence-electron chi connectivity index (χ0n) is 15.2. The van der Waals surface area contributed by atoms with Gasteiger partial charge in [0.15, 0.2) is 5.65 Å². The third-order valence-electron chi connectivity index (χ3n) is 4.56. The van der Waals surface area contributed by atoms with E-state index < -0.39 is 5.97 Å². The molecule has 3 aromatic rings. The number of nitrogens with one attached hydrogen (secondary N) is 1. The van der Waals surface area contributed by atoms with Crippen molar-refractivity contribution in [1.29, 1.82) is 0 Å². The Morgan fingerprint density at radius 2 is 2.11 bits per heavy atom. The van der Waals surface area contributed by atoms with Crippen molar-refractivity contribution in [3.63, 3.8) is 0 Å². The minimum absolute atomic E-state index is 0.0329. The highest BCUT2D eigenvalue weighted by atomic mass is 35.5. The van der Waals surface area contributed by atoms with Gasteiger partial charge in [0.1, 0.15) is 22.4 Å². The molecule has 0 aliphatic heterocycles. The van der Waals surface area contributed by atoms with Gasteiger partial charge in [-0.25, -0.2) is 14.2 Å². The number of fused-ring (bicyclic) bond motifs is 1. The van der Waals surface area contributed by atoms with E-state index in [2.05, 4.69) is 29.2 Å². The van der Waals surface area contributed by atoms with Gasteiger partial charge in [0, 0.05) is 18.0 Å². The van der Waals surface area contributed by atoms with E-state index in [-0.39, 0.29) is 28.2 Å². The summed E-state index contributed by atoms with van der Waals surface area (Å²) in [4.78, 5) is 15.7. The van der Waals surface area contributed by atoms with Gasteiger partial charge < -0.3 is 10.4 Å². The molecule has 0 aliphatic rings. The number of carboxylic acid groups (broad SMARTS) is 1.